The molecule has 0 atom stereocenters. The molecule has 0 unspecified atom stereocenters. The van der Waals surface area contributed by atoms with Crippen LogP contribution in [0.4, 0.5) is 5.82 Å². The second-order valence-corrected chi connectivity index (χ2v) is 8.05. The van der Waals surface area contributed by atoms with Crippen LogP contribution >= 0.6 is 0 Å². The van der Waals surface area contributed by atoms with Crippen molar-refractivity contribution in [3.05, 3.63) is 36.2 Å². The van der Waals surface area contributed by atoms with Crippen molar-refractivity contribution >= 4 is 17.0 Å². The van der Waals surface area contributed by atoms with Crippen LogP contribution in [0.3, 0.4) is 0 Å². The topological polar surface area (TPSA) is 59.3 Å². The van der Waals surface area contributed by atoms with E-state index in [-0.39, 0.29) is 0 Å². The molecule has 0 amide bonds. The Hall–Kier alpha value is -2.51. The van der Waals surface area contributed by atoms with Gasteiger partial charge in [0.15, 0.2) is 17.0 Å². The molecule has 166 valence electrons. The van der Waals surface area contributed by atoms with Crippen LogP contribution in [0.2, 0.25) is 0 Å². The predicted octanol–water partition coefficient (Wildman–Crippen LogP) is 3.76. The zero-order chi connectivity index (χ0) is 21.6. The molecule has 3 aromatic rings. The minimum atomic E-state index is 0.724. The summed E-state index contributed by atoms with van der Waals surface area (Å²) in [7, 11) is 0. The van der Waals surface area contributed by atoms with Crippen molar-refractivity contribution in [2.24, 2.45) is 0 Å². The Bertz CT molecular complexity index is 977. The highest BCUT2D eigenvalue weighted by Gasteiger charge is 2.22. The SMILES string of the molecule is CCN(CC)CCCCn1c(-c2ccccc2)nc2c(N3CCOCC3)nc(C)nc21. The highest BCUT2D eigenvalue weighted by molar-refractivity contribution is 5.87. The molecular formula is C24H34N6O. The van der Waals surface area contributed by atoms with Crippen molar-refractivity contribution < 1.29 is 4.74 Å². The van der Waals surface area contributed by atoms with Gasteiger partial charge in [-0.25, -0.2) is 15.0 Å². The van der Waals surface area contributed by atoms with Gasteiger partial charge in [-0.3, -0.25) is 0 Å². The Balaban J connectivity index is 1.70. The molecule has 1 aromatic carbocycles. The average molecular weight is 423 g/mol. The monoisotopic (exact) mass is 422 g/mol. The Morgan fingerprint density at radius 2 is 1.71 bits per heavy atom. The highest BCUT2D eigenvalue weighted by atomic mass is 16.5. The molecule has 3 heterocycles. The number of unbranched alkanes of at least 4 members (excludes halogenated alkanes) is 1. The van der Waals surface area contributed by atoms with E-state index < -0.39 is 0 Å². The fourth-order valence-electron chi connectivity index (χ4n) is 4.25. The van der Waals surface area contributed by atoms with E-state index in [9.17, 15) is 0 Å². The maximum atomic E-state index is 5.55. The molecule has 1 fully saturated rings. The minimum Gasteiger partial charge on any atom is -0.378 e. The maximum Gasteiger partial charge on any atom is 0.166 e. The van der Waals surface area contributed by atoms with Crippen molar-refractivity contribution in [1.82, 2.24) is 24.4 Å². The first-order chi connectivity index (χ1) is 15.2. The average Bonchev–Trinajstić information content (AvgIpc) is 3.18. The van der Waals surface area contributed by atoms with Crippen LogP contribution in [0.1, 0.15) is 32.5 Å². The molecule has 2 aromatic heterocycles. The summed E-state index contributed by atoms with van der Waals surface area (Å²) in [6, 6.07) is 10.4. The van der Waals surface area contributed by atoms with E-state index >= 15 is 0 Å². The lowest BCUT2D eigenvalue weighted by Gasteiger charge is -2.27. The van der Waals surface area contributed by atoms with E-state index in [1.165, 1.54) is 0 Å². The van der Waals surface area contributed by atoms with Crippen molar-refractivity contribution in [2.75, 3.05) is 50.8 Å². The summed E-state index contributed by atoms with van der Waals surface area (Å²) in [6.07, 6.45) is 2.26. The van der Waals surface area contributed by atoms with Crippen LogP contribution in [-0.4, -0.2) is 70.4 Å². The summed E-state index contributed by atoms with van der Waals surface area (Å²) < 4.78 is 7.85. The van der Waals surface area contributed by atoms with Gasteiger partial charge in [-0.1, -0.05) is 44.2 Å². The second-order valence-electron chi connectivity index (χ2n) is 8.05. The number of benzene rings is 1. The quantitative estimate of drug-likeness (QED) is 0.490. The Morgan fingerprint density at radius 1 is 0.968 bits per heavy atom. The van der Waals surface area contributed by atoms with Gasteiger partial charge in [-0.05, 0) is 39.4 Å². The molecule has 0 bridgehead atoms. The Kier molecular flexibility index (Phi) is 7.14. The summed E-state index contributed by atoms with van der Waals surface area (Å²) in [5.41, 5.74) is 2.96. The molecular weight excluding hydrogens is 388 g/mol. The smallest absolute Gasteiger partial charge is 0.166 e. The van der Waals surface area contributed by atoms with E-state index in [4.69, 9.17) is 19.7 Å². The number of ether oxygens (including phenoxy) is 1. The first kappa shape index (κ1) is 21.7. The third kappa shape index (κ3) is 4.88. The van der Waals surface area contributed by atoms with Crippen molar-refractivity contribution in [3.8, 4) is 11.4 Å². The lowest BCUT2D eigenvalue weighted by molar-refractivity contribution is 0.122. The number of anilines is 1. The number of aromatic nitrogens is 4. The zero-order valence-electron chi connectivity index (χ0n) is 19.0. The van der Waals surface area contributed by atoms with Crippen molar-refractivity contribution in [1.29, 1.82) is 0 Å². The molecule has 31 heavy (non-hydrogen) atoms. The normalized spacial score (nSPS) is 14.6. The Labute approximate surface area is 185 Å². The number of aryl methyl sites for hydroxylation is 2. The fourth-order valence-corrected chi connectivity index (χ4v) is 4.25. The van der Waals surface area contributed by atoms with E-state index in [0.29, 0.717) is 0 Å². The Morgan fingerprint density at radius 3 is 2.42 bits per heavy atom. The molecule has 4 rings (SSSR count). The van der Waals surface area contributed by atoms with E-state index in [0.717, 1.165) is 99.5 Å². The summed E-state index contributed by atoms with van der Waals surface area (Å²) in [4.78, 5) is 19.5. The van der Waals surface area contributed by atoms with Crippen molar-refractivity contribution in [3.63, 3.8) is 0 Å². The predicted molar refractivity (Wildman–Crippen MR) is 126 cm³/mol. The molecule has 7 heteroatoms. The number of hydrogen-bond donors (Lipinski definition) is 0. The summed E-state index contributed by atoms with van der Waals surface area (Å²) >= 11 is 0. The highest BCUT2D eigenvalue weighted by Crippen LogP contribution is 2.30. The first-order valence-electron chi connectivity index (χ1n) is 11.6. The van der Waals surface area contributed by atoms with E-state index in [1.54, 1.807) is 0 Å². The number of hydrogen-bond acceptors (Lipinski definition) is 6. The number of rotatable bonds is 9. The van der Waals surface area contributed by atoms with Gasteiger partial charge in [0.2, 0.25) is 0 Å². The van der Waals surface area contributed by atoms with Gasteiger partial charge in [0.05, 0.1) is 13.2 Å². The molecule has 1 aliphatic heterocycles. The molecule has 7 nitrogen and oxygen atoms in total. The first-order valence-corrected chi connectivity index (χ1v) is 11.6. The standard InChI is InChI=1S/C24H34N6O/c1-4-28(5-2)13-9-10-14-30-22(20-11-7-6-8-12-20)27-21-23(25-19(3)26-24(21)30)29-15-17-31-18-16-29/h6-8,11-12H,4-5,9-10,13-18H2,1-3H3. The van der Waals surface area contributed by atoms with Crippen LogP contribution in [0.25, 0.3) is 22.6 Å². The molecule has 0 radical (unpaired) electrons. The van der Waals surface area contributed by atoms with Crippen LogP contribution in [0.15, 0.2) is 30.3 Å². The lowest BCUT2D eigenvalue weighted by Crippen LogP contribution is -2.37. The van der Waals surface area contributed by atoms with Gasteiger partial charge in [0.25, 0.3) is 0 Å². The van der Waals surface area contributed by atoms with Crippen LogP contribution in [0, 0.1) is 6.92 Å². The van der Waals surface area contributed by atoms with Gasteiger partial charge in [-0.15, -0.1) is 0 Å². The van der Waals surface area contributed by atoms with Crippen molar-refractivity contribution in [2.45, 2.75) is 40.2 Å². The lowest BCUT2D eigenvalue weighted by atomic mass is 10.2. The largest absolute Gasteiger partial charge is 0.378 e. The van der Waals surface area contributed by atoms with E-state index in [2.05, 4.69) is 52.5 Å². The number of nitrogens with zero attached hydrogens (tertiary/aromatic N) is 6. The van der Waals surface area contributed by atoms with Crippen LogP contribution in [-0.2, 0) is 11.3 Å². The van der Waals surface area contributed by atoms with Gasteiger partial charge in [0, 0.05) is 25.2 Å². The van der Waals surface area contributed by atoms with Crippen LogP contribution in [0.5, 0.6) is 0 Å². The van der Waals surface area contributed by atoms with E-state index in [1.807, 2.05) is 13.0 Å². The zero-order valence-corrected chi connectivity index (χ0v) is 19.0. The summed E-state index contributed by atoms with van der Waals surface area (Å²) in [6.45, 7) is 13.8. The fraction of sp³-hybridized carbons (Fsp3) is 0.542. The molecule has 1 aliphatic rings. The molecule has 0 aliphatic carbocycles. The third-order valence-corrected chi connectivity index (χ3v) is 6.03. The maximum absolute atomic E-state index is 5.55. The molecule has 0 spiro atoms. The second kappa shape index (κ2) is 10.2. The van der Waals surface area contributed by atoms with Gasteiger partial charge >= 0.3 is 0 Å². The third-order valence-electron chi connectivity index (χ3n) is 6.03. The number of fused-ring (bicyclic) bond motifs is 1. The summed E-state index contributed by atoms with van der Waals surface area (Å²) in [5.74, 6) is 2.70. The van der Waals surface area contributed by atoms with Crippen LogP contribution < -0.4 is 4.90 Å². The summed E-state index contributed by atoms with van der Waals surface area (Å²) in [5, 5.41) is 0. The minimum absolute atomic E-state index is 0.724. The number of morpholine rings is 1. The molecule has 0 saturated carbocycles. The van der Waals surface area contributed by atoms with Gasteiger partial charge < -0.3 is 19.1 Å². The molecule has 1 saturated heterocycles. The molecule has 0 N–H and O–H groups in total. The van der Waals surface area contributed by atoms with Gasteiger partial charge in [0.1, 0.15) is 11.6 Å². The number of imidazole rings is 1. The van der Waals surface area contributed by atoms with Gasteiger partial charge in [-0.2, -0.15) is 0 Å².